The Bertz CT molecular complexity index is 1540. The first-order valence-corrected chi connectivity index (χ1v) is 12.8. The molecule has 0 spiro atoms. The monoisotopic (exact) mass is 541 g/mol. The van der Waals surface area contributed by atoms with Crippen molar-refractivity contribution in [3.05, 3.63) is 131 Å². The number of nitrogens with one attached hydrogen (secondary N) is 1. The fraction of sp³-hybridized carbons (Fsp3) is 0.161. The molecule has 0 aliphatic carbocycles. The summed E-state index contributed by atoms with van der Waals surface area (Å²) in [5, 5.41) is 7.56. The van der Waals surface area contributed by atoms with Gasteiger partial charge in [0.25, 0.3) is 5.91 Å². The second kappa shape index (κ2) is 11.5. The van der Waals surface area contributed by atoms with E-state index in [1.165, 1.54) is 17.3 Å². The Labute approximate surface area is 231 Å². The highest BCUT2D eigenvalue weighted by Crippen LogP contribution is 2.32. The number of hydrogen-bond donors (Lipinski definition) is 1. The maximum atomic E-state index is 12.6. The molecule has 0 saturated heterocycles. The van der Waals surface area contributed by atoms with Crippen molar-refractivity contribution in [3.63, 3.8) is 0 Å². The molecule has 0 bridgehead atoms. The summed E-state index contributed by atoms with van der Waals surface area (Å²) in [6.45, 7) is 4.78. The number of amides is 1. The van der Waals surface area contributed by atoms with Crippen LogP contribution in [0.4, 0.5) is 5.69 Å². The van der Waals surface area contributed by atoms with Gasteiger partial charge in [-0.15, -0.1) is 0 Å². The molecule has 8 heteroatoms. The van der Waals surface area contributed by atoms with Gasteiger partial charge in [0.15, 0.2) is 12.5 Å². The van der Waals surface area contributed by atoms with Gasteiger partial charge in [-0.2, -0.15) is 5.10 Å². The maximum Gasteiger partial charge on any atom is 0.291 e. The molecule has 3 aromatic carbocycles. The lowest BCUT2D eigenvalue weighted by Gasteiger charge is -2.26. The molecule has 0 unspecified atom stereocenters. The van der Waals surface area contributed by atoms with E-state index in [4.69, 9.17) is 25.5 Å². The van der Waals surface area contributed by atoms with Crippen molar-refractivity contribution in [1.82, 2.24) is 9.78 Å². The van der Waals surface area contributed by atoms with E-state index in [-0.39, 0.29) is 30.4 Å². The molecule has 2 aromatic heterocycles. The lowest BCUT2D eigenvalue weighted by molar-refractivity contribution is 0.0992. The molecule has 5 rings (SSSR count). The van der Waals surface area contributed by atoms with Crippen molar-refractivity contribution in [2.45, 2.75) is 32.6 Å². The van der Waals surface area contributed by atoms with Crippen molar-refractivity contribution in [3.8, 4) is 11.5 Å². The van der Waals surface area contributed by atoms with Crippen LogP contribution in [-0.2, 0) is 18.8 Å². The first kappa shape index (κ1) is 26.1. The number of anilines is 1. The second-order valence-corrected chi connectivity index (χ2v) is 9.96. The van der Waals surface area contributed by atoms with E-state index in [0.29, 0.717) is 22.2 Å². The molecule has 0 radical (unpaired) electrons. The van der Waals surface area contributed by atoms with E-state index >= 15 is 0 Å². The lowest BCUT2D eigenvalue weighted by Crippen LogP contribution is -2.18. The number of carbonyl (C=O) groups excluding carboxylic acids is 1. The van der Waals surface area contributed by atoms with Crippen LogP contribution in [0.5, 0.6) is 11.5 Å². The maximum absolute atomic E-state index is 12.6. The fourth-order valence-corrected chi connectivity index (χ4v) is 4.29. The lowest BCUT2D eigenvalue weighted by atomic mass is 9.78. The van der Waals surface area contributed by atoms with Gasteiger partial charge in [0.1, 0.15) is 23.9 Å². The Morgan fingerprint density at radius 2 is 1.69 bits per heavy atom. The van der Waals surface area contributed by atoms with Gasteiger partial charge in [-0.05, 0) is 53.6 Å². The van der Waals surface area contributed by atoms with Crippen molar-refractivity contribution in [2.24, 2.45) is 0 Å². The Morgan fingerprint density at radius 3 is 2.46 bits per heavy atom. The van der Waals surface area contributed by atoms with Gasteiger partial charge < -0.3 is 19.2 Å². The second-order valence-electron chi connectivity index (χ2n) is 9.52. The number of benzene rings is 3. The third-order valence-electron chi connectivity index (χ3n) is 6.39. The van der Waals surface area contributed by atoms with Crippen LogP contribution < -0.4 is 14.8 Å². The summed E-state index contributed by atoms with van der Waals surface area (Å²) in [6, 6.07) is 28.9. The molecule has 0 fully saturated rings. The van der Waals surface area contributed by atoms with E-state index in [1.807, 2.05) is 18.2 Å². The summed E-state index contributed by atoms with van der Waals surface area (Å²) in [5.74, 6) is 1.68. The van der Waals surface area contributed by atoms with Crippen LogP contribution in [0.15, 0.2) is 108 Å². The minimum atomic E-state index is -0.385. The molecule has 5 aromatic rings. The van der Waals surface area contributed by atoms with Gasteiger partial charge in [-0.1, -0.05) is 74.0 Å². The van der Waals surface area contributed by atoms with Crippen LogP contribution >= 0.6 is 11.6 Å². The Hall–Kier alpha value is -4.49. The molecule has 2 heterocycles. The van der Waals surface area contributed by atoms with E-state index < -0.39 is 0 Å². The zero-order valence-corrected chi connectivity index (χ0v) is 22.4. The van der Waals surface area contributed by atoms with Gasteiger partial charge in [-0.3, -0.25) is 4.79 Å². The predicted octanol–water partition coefficient (Wildman–Crippen LogP) is 7.32. The molecule has 39 heavy (non-hydrogen) atoms. The smallest absolute Gasteiger partial charge is 0.291 e. The molecule has 198 valence electrons. The van der Waals surface area contributed by atoms with E-state index in [2.05, 4.69) is 60.7 Å². The molecular weight excluding hydrogens is 514 g/mol. The highest BCUT2D eigenvalue weighted by molar-refractivity contribution is 6.30. The number of hydrogen-bond acceptors (Lipinski definition) is 5. The van der Waals surface area contributed by atoms with Gasteiger partial charge in [-0.25, -0.2) is 4.68 Å². The SMILES string of the molecule is CC(C)(c1ccccc1)c1ccc(OCc2ccc(C(=O)Nc3cnn(COc4cccc(Cl)c4)c3)o2)cc1. The summed E-state index contributed by atoms with van der Waals surface area (Å²) in [7, 11) is 0. The minimum Gasteiger partial charge on any atom is -0.486 e. The fourth-order valence-electron chi connectivity index (χ4n) is 4.11. The van der Waals surface area contributed by atoms with Gasteiger partial charge in [0.2, 0.25) is 0 Å². The van der Waals surface area contributed by atoms with Gasteiger partial charge >= 0.3 is 0 Å². The molecule has 0 atom stereocenters. The van der Waals surface area contributed by atoms with Gasteiger partial charge in [0.05, 0.1) is 18.1 Å². The number of furan rings is 1. The Balaban J connectivity index is 1.12. The van der Waals surface area contributed by atoms with Crippen LogP contribution in [0, 0.1) is 0 Å². The molecule has 1 amide bonds. The molecule has 0 saturated carbocycles. The van der Waals surface area contributed by atoms with Crippen molar-refractivity contribution in [1.29, 1.82) is 0 Å². The Kier molecular flexibility index (Phi) is 7.70. The highest BCUT2D eigenvalue weighted by Gasteiger charge is 2.22. The molecule has 0 aliphatic rings. The van der Waals surface area contributed by atoms with Crippen LogP contribution in [-0.4, -0.2) is 15.7 Å². The standard InChI is InChI=1S/C31H28ClN3O4/c1-31(2,22-7-4-3-5-8-22)23-11-13-26(14-12-23)37-20-28-15-16-29(39-28)30(36)34-25-18-33-35(19-25)21-38-27-10-6-9-24(32)17-27/h3-19H,20-21H2,1-2H3,(H,34,36). The summed E-state index contributed by atoms with van der Waals surface area (Å²) in [5.41, 5.74) is 2.83. The zero-order valence-electron chi connectivity index (χ0n) is 21.6. The van der Waals surface area contributed by atoms with Crippen molar-refractivity contribution >= 4 is 23.2 Å². The number of nitrogens with zero attached hydrogens (tertiary/aromatic N) is 2. The quantitative estimate of drug-likeness (QED) is 0.200. The van der Waals surface area contributed by atoms with E-state index in [0.717, 1.165) is 5.75 Å². The summed E-state index contributed by atoms with van der Waals surface area (Å²) in [6.07, 6.45) is 3.20. The third-order valence-corrected chi connectivity index (χ3v) is 6.62. The van der Waals surface area contributed by atoms with Crippen molar-refractivity contribution in [2.75, 3.05) is 5.32 Å². The predicted molar refractivity (Wildman–Crippen MR) is 150 cm³/mol. The summed E-state index contributed by atoms with van der Waals surface area (Å²) >= 11 is 5.97. The van der Waals surface area contributed by atoms with E-state index in [9.17, 15) is 4.79 Å². The number of ether oxygens (including phenoxy) is 2. The number of rotatable bonds is 10. The van der Waals surface area contributed by atoms with Crippen LogP contribution in [0.3, 0.4) is 0 Å². The normalized spacial score (nSPS) is 11.3. The largest absolute Gasteiger partial charge is 0.486 e. The van der Waals surface area contributed by atoms with Crippen LogP contribution in [0.25, 0.3) is 0 Å². The number of halogens is 1. The van der Waals surface area contributed by atoms with E-state index in [1.54, 1.807) is 47.3 Å². The molecule has 7 nitrogen and oxygen atoms in total. The average molecular weight is 542 g/mol. The molecule has 1 N–H and O–H groups in total. The third kappa shape index (κ3) is 6.51. The van der Waals surface area contributed by atoms with Gasteiger partial charge in [0, 0.05) is 10.4 Å². The summed E-state index contributed by atoms with van der Waals surface area (Å²) < 4.78 is 18.8. The minimum absolute atomic E-state index is 0.122. The first-order valence-electron chi connectivity index (χ1n) is 12.5. The Morgan fingerprint density at radius 1 is 0.923 bits per heavy atom. The zero-order chi connectivity index (χ0) is 27.2. The molecular formula is C31H28ClN3O4. The number of carbonyl (C=O) groups is 1. The van der Waals surface area contributed by atoms with Crippen LogP contribution in [0.1, 0.15) is 41.3 Å². The highest BCUT2D eigenvalue weighted by atomic mass is 35.5. The molecule has 0 aliphatic heterocycles. The topological polar surface area (TPSA) is 78.5 Å². The van der Waals surface area contributed by atoms with Crippen molar-refractivity contribution < 1.29 is 18.7 Å². The average Bonchev–Trinajstić information content (AvgIpc) is 3.61. The van der Waals surface area contributed by atoms with Crippen LogP contribution in [0.2, 0.25) is 5.02 Å². The first-order chi connectivity index (χ1) is 18.9. The summed E-state index contributed by atoms with van der Waals surface area (Å²) in [4.78, 5) is 12.6. The number of aromatic nitrogens is 2.